The maximum atomic E-state index is 12.1. The second-order valence-corrected chi connectivity index (χ2v) is 8.53. The summed E-state index contributed by atoms with van der Waals surface area (Å²) in [4.78, 5) is 13.2. The second-order valence-electron chi connectivity index (χ2n) is 6.51. The highest BCUT2D eigenvalue weighted by Crippen LogP contribution is 2.28. The van der Waals surface area contributed by atoms with Gasteiger partial charge in [0.25, 0.3) is 0 Å². The van der Waals surface area contributed by atoms with Crippen molar-refractivity contribution in [3.63, 3.8) is 0 Å². The third-order valence-corrected chi connectivity index (χ3v) is 5.66. The summed E-state index contributed by atoms with van der Waals surface area (Å²) in [6, 6.07) is 14.4. The van der Waals surface area contributed by atoms with E-state index in [1.165, 1.54) is 33.9 Å². The van der Waals surface area contributed by atoms with Crippen molar-refractivity contribution in [2.24, 2.45) is 0 Å². The van der Waals surface area contributed by atoms with Crippen LogP contribution >= 0.6 is 23.1 Å². The highest BCUT2D eigenvalue weighted by molar-refractivity contribution is 8.00. The highest BCUT2D eigenvalue weighted by atomic mass is 32.2. The number of anilines is 1. The number of thioether (sulfide) groups is 1. The first-order chi connectivity index (χ1) is 11.4. The van der Waals surface area contributed by atoms with Gasteiger partial charge < -0.3 is 0 Å². The number of carbonyl (C=O) groups excluding carboxylic acids is 1. The first kappa shape index (κ1) is 16.9. The molecule has 0 spiro atoms. The lowest BCUT2D eigenvalue weighted by Crippen LogP contribution is -2.13. The lowest BCUT2D eigenvalue weighted by Gasteiger charge is -2.12. The second kappa shape index (κ2) is 6.91. The Morgan fingerprint density at radius 1 is 1.12 bits per heavy atom. The van der Waals surface area contributed by atoms with Gasteiger partial charge in [0.1, 0.15) is 5.01 Å². The van der Waals surface area contributed by atoms with Crippen molar-refractivity contribution in [3.8, 4) is 0 Å². The minimum atomic E-state index is -0.0650. The van der Waals surface area contributed by atoms with Gasteiger partial charge in [0.15, 0.2) is 0 Å². The van der Waals surface area contributed by atoms with Gasteiger partial charge in [-0.3, -0.25) is 10.1 Å². The van der Waals surface area contributed by atoms with E-state index < -0.39 is 0 Å². The normalized spacial score (nSPS) is 11.6. The summed E-state index contributed by atoms with van der Waals surface area (Å²) in [5.74, 6) is 0.285. The molecule has 0 saturated carbocycles. The van der Waals surface area contributed by atoms with Gasteiger partial charge in [-0.1, -0.05) is 62.4 Å². The molecule has 24 heavy (non-hydrogen) atoms. The molecule has 4 nitrogen and oxygen atoms in total. The summed E-state index contributed by atoms with van der Waals surface area (Å²) in [6.45, 7) is 6.23. The Labute approximate surface area is 149 Å². The van der Waals surface area contributed by atoms with E-state index in [1.54, 1.807) is 0 Å². The minimum absolute atomic E-state index is 0.0551. The van der Waals surface area contributed by atoms with Gasteiger partial charge in [-0.25, -0.2) is 0 Å². The van der Waals surface area contributed by atoms with Gasteiger partial charge in [-0.05, 0) is 22.9 Å². The van der Waals surface area contributed by atoms with Crippen molar-refractivity contribution in [3.05, 3.63) is 47.5 Å². The van der Waals surface area contributed by atoms with Crippen molar-refractivity contribution < 1.29 is 4.79 Å². The molecule has 0 aliphatic rings. The van der Waals surface area contributed by atoms with Crippen LogP contribution in [0.1, 0.15) is 25.8 Å². The fraction of sp³-hybridized carbons (Fsp3) is 0.278. The van der Waals surface area contributed by atoms with Crippen LogP contribution in [0, 0.1) is 0 Å². The predicted molar refractivity (Wildman–Crippen MR) is 102 cm³/mol. The third-order valence-electron chi connectivity index (χ3n) is 3.40. The quantitative estimate of drug-likeness (QED) is 0.687. The van der Waals surface area contributed by atoms with Crippen LogP contribution in [0.5, 0.6) is 0 Å². The molecule has 0 bridgehead atoms. The number of nitrogens with one attached hydrogen (secondary N) is 1. The lowest BCUT2D eigenvalue weighted by atomic mass is 9.98. The van der Waals surface area contributed by atoms with Gasteiger partial charge in [0.05, 0.1) is 5.75 Å². The molecule has 0 atom stereocenters. The lowest BCUT2D eigenvalue weighted by molar-refractivity contribution is -0.113. The Morgan fingerprint density at radius 3 is 2.58 bits per heavy atom. The van der Waals surface area contributed by atoms with Crippen LogP contribution in [-0.4, -0.2) is 21.9 Å². The van der Waals surface area contributed by atoms with E-state index in [1.807, 2.05) is 18.2 Å². The molecule has 1 N–H and O–H groups in total. The van der Waals surface area contributed by atoms with Crippen molar-refractivity contribution >= 4 is 44.9 Å². The van der Waals surface area contributed by atoms with Crippen LogP contribution in [0.3, 0.4) is 0 Å². The molecule has 1 aromatic heterocycles. The van der Waals surface area contributed by atoms with Crippen LogP contribution in [0.2, 0.25) is 0 Å². The molecule has 1 amide bonds. The molecule has 2 aromatic carbocycles. The van der Waals surface area contributed by atoms with Crippen molar-refractivity contribution in [2.45, 2.75) is 31.1 Å². The minimum Gasteiger partial charge on any atom is -0.300 e. The van der Waals surface area contributed by atoms with Gasteiger partial charge >= 0.3 is 0 Å². The number of nitrogens with zero attached hydrogens (tertiary/aromatic N) is 2. The molecule has 0 radical (unpaired) electrons. The number of hydrogen-bond acceptors (Lipinski definition) is 5. The average molecular weight is 358 g/mol. The van der Waals surface area contributed by atoms with E-state index in [0.29, 0.717) is 10.9 Å². The van der Waals surface area contributed by atoms with Crippen LogP contribution < -0.4 is 5.32 Å². The topological polar surface area (TPSA) is 54.9 Å². The molecular weight excluding hydrogens is 338 g/mol. The molecular formula is C18H19N3OS2. The summed E-state index contributed by atoms with van der Waals surface area (Å²) in [7, 11) is 0. The number of rotatable bonds is 4. The van der Waals surface area contributed by atoms with E-state index in [2.05, 4.69) is 60.6 Å². The summed E-state index contributed by atoms with van der Waals surface area (Å²) < 4.78 is 0. The molecule has 0 aliphatic carbocycles. The van der Waals surface area contributed by atoms with E-state index >= 15 is 0 Å². The number of hydrogen-bond donors (Lipinski definition) is 1. The molecule has 124 valence electrons. The average Bonchev–Trinajstić information content (AvgIpc) is 3.01. The molecule has 0 saturated heterocycles. The Morgan fingerprint density at radius 2 is 1.88 bits per heavy atom. The monoisotopic (exact) mass is 357 g/mol. The summed E-state index contributed by atoms with van der Waals surface area (Å²) in [5.41, 5.74) is -0.0551. The summed E-state index contributed by atoms with van der Waals surface area (Å²) >= 11 is 2.95. The van der Waals surface area contributed by atoms with Gasteiger partial charge in [-0.15, -0.1) is 22.0 Å². The van der Waals surface area contributed by atoms with Crippen LogP contribution in [0.25, 0.3) is 10.8 Å². The Kier molecular flexibility index (Phi) is 4.87. The number of aromatic nitrogens is 2. The maximum absolute atomic E-state index is 12.1. The largest absolute Gasteiger partial charge is 0.300 e. The fourth-order valence-electron chi connectivity index (χ4n) is 2.14. The molecule has 1 heterocycles. The smallest absolute Gasteiger partial charge is 0.236 e. The zero-order chi connectivity index (χ0) is 17.2. The summed E-state index contributed by atoms with van der Waals surface area (Å²) in [5, 5.41) is 14.9. The van der Waals surface area contributed by atoms with Crippen molar-refractivity contribution in [1.82, 2.24) is 10.2 Å². The molecule has 6 heteroatoms. The zero-order valence-electron chi connectivity index (χ0n) is 13.9. The predicted octanol–water partition coefficient (Wildman–Crippen LogP) is 4.72. The molecule has 0 unspecified atom stereocenters. The van der Waals surface area contributed by atoms with Crippen LogP contribution in [0.15, 0.2) is 47.4 Å². The van der Waals surface area contributed by atoms with Crippen LogP contribution in [0.4, 0.5) is 5.13 Å². The number of amides is 1. The first-order valence-electron chi connectivity index (χ1n) is 7.67. The number of carbonyl (C=O) groups is 1. The first-order valence-corrected chi connectivity index (χ1v) is 9.47. The molecule has 3 rings (SSSR count). The van der Waals surface area contributed by atoms with Crippen molar-refractivity contribution in [2.75, 3.05) is 11.1 Å². The number of benzene rings is 2. The van der Waals surface area contributed by atoms with Crippen molar-refractivity contribution in [1.29, 1.82) is 0 Å². The van der Waals surface area contributed by atoms with Gasteiger partial charge in [0.2, 0.25) is 11.0 Å². The van der Waals surface area contributed by atoms with E-state index in [0.717, 1.165) is 9.90 Å². The van der Waals surface area contributed by atoms with Crippen LogP contribution in [-0.2, 0) is 10.2 Å². The van der Waals surface area contributed by atoms with E-state index in [-0.39, 0.29) is 11.3 Å². The Balaban J connectivity index is 1.59. The third kappa shape index (κ3) is 4.13. The Bertz CT molecular complexity index is 868. The SMILES string of the molecule is CC(C)(C)c1nnc(NC(=O)CSc2ccc3ccccc3c2)s1. The van der Waals surface area contributed by atoms with E-state index in [4.69, 9.17) is 0 Å². The standard InChI is InChI=1S/C18H19N3OS2/c1-18(2,3)16-20-21-17(24-16)19-15(22)11-23-14-9-8-12-6-4-5-7-13(12)10-14/h4-10H,11H2,1-3H3,(H,19,21,22). The van der Waals surface area contributed by atoms with Gasteiger partial charge in [0, 0.05) is 10.3 Å². The maximum Gasteiger partial charge on any atom is 0.236 e. The molecule has 0 fully saturated rings. The zero-order valence-corrected chi connectivity index (χ0v) is 15.5. The molecule has 0 aliphatic heterocycles. The van der Waals surface area contributed by atoms with Gasteiger partial charge in [-0.2, -0.15) is 0 Å². The summed E-state index contributed by atoms with van der Waals surface area (Å²) in [6.07, 6.45) is 0. The van der Waals surface area contributed by atoms with E-state index in [9.17, 15) is 4.79 Å². The fourth-order valence-corrected chi connectivity index (χ4v) is 3.70. The molecule has 3 aromatic rings. The highest BCUT2D eigenvalue weighted by Gasteiger charge is 2.20. The Hall–Kier alpha value is -1.92. The number of fused-ring (bicyclic) bond motifs is 1.